The summed E-state index contributed by atoms with van der Waals surface area (Å²) in [6.07, 6.45) is 2.75. The molecule has 0 spiro atoms. The van der Waals surface area contributed by atoms with E-state index >= 15 is 0 Å². The summed E-state index contributed by atoms with van der Waals surface area (Å²) in [5.41, 5.74) is 2.84. The Labute approximate surface area is 139 Å². The summed E-state index contributed by atoms with van der Waals surface area (Å²) in [4.78, 5) is 19.2. The fourth-order valence-corrected chi connectivity index (χ4v) is 3.30. The van der Waals surface area contributed by atoms with Gasteiger partial charge in [0.15, 0.2) is 5.82 Å². The molecule has 0 radical (unpaired) electrons. The maximum Gasteiger partial charge on any atom is 0.275 e. The Kier molecular flexibility index (Phi) is 3.45. The van der Waals surface area contributed by atoms with Crippen molar-refractivity contribution in [1.82, 2.24) is 14.7 Å². The van der Waals surface area contributed by atoms with Gasteiger partial charge in [-0.2, -0.15) is 4.98 Å². The maximum atomic E-state index is 13.1. The van der Waals surface area contributed by atoms with Gasteiger partial charge in [-0.1, -0.05) is 23.4 Å². The van der Waals surface area contributed by atoms with E-state index in [1.165, 1.54) is 5.56 Å². The van der Waals surface area contributed by atoms with E-state index in [2.05, 4.69) is 23.1 Å². The van der Waals surface area contributed by atoms with Crippen LogP contribution in [0.15, 0.2) is 47.1 Å². The zero-order valence-electron chi connectivity index (χ0n) is 13.6. The molecule has 1 amide bonds. The molecule has 4 rings (SSSR count). The van der Waals surface area contributed by atoms with Crippen LogP contribution in [-0.2, 0) is 13.0 Å². The highest BCUT2D eigenvalue weighted by molar-refractivity contribution is 6.06. The van der Waals surface area contributed by atoms with Gasteiger partial charge in [0.1, 0.15) is 5.69 Å². The van der Waals surface area contributed by atoms with Crippen LogP contribution in [0.2, 0.25) is 0 Å². The number of hydrogen-bond acceptors (Lipinski definition) is 4. The Morgan fingerprint density at radius 3 is 2.92 bits per heavy atom. The Balaban J connectivity index is 1.65. The average Bonchev–Trinajstić information content (AvgIpc) is 3.25. The molecule has 0 aliphatic carbocycles. The molecule has 0 saturated heterocycles. The van der Waals surface area contributed by atoms with Gasteiger partial charge in [-0.05, 0) is 37.1 Å². The first kappa shape index (κ1) is 14.7. The minimum atomic E-state index is -0.00216. The smallest absolute Gasteiger partial charge is 0.275 e. The highest BCUT2D eigenvalue weighted by atomic mass is 16.5. The second-order valence-corrected chi connectivity index (χ2v) is 6.11. The molecule has 2 aromatic heterocycles. The molecule has 6 heteroatoms. The maximum absolute atomic E-state index is 13.1. The van der Waals surface area contributed by atoms with Gasteiger partial charge in [-0.3, -0.25) is 4.79 Å². The predicted molar refractivity (Wildman–Crippen MR) is 89.0 cm³/mol. The van der Waals surface area contributed by atoms with Gasteiger partial charge >= 0.3 is 0 Å². The van der Waals surface area contributed by atoms with Crippen LogP contribution in [0.1, 0.15) is 34.7 Å². The number of hydrogen-bond donors (Lipinski definition) is 0. The first-order chi connectivity index (χ1) is 11.6. The Bertz CT molecular complexity index is 896. The number of benzene rings is 1. The second-order valence-electron chi connectivity index (χ2n) is 6.11. The van der Waals surface area contributed by atoms with E-state index in [9.17, 15) is 4.79 Å². The van der Waals surface area contributed by atoms with Crippen LogP contribution in [0.25, 0.3) is 0 Å². The number of carbonyl (C=O) groups is 1. The van der Waals surface area contributed by atoms with Gasteiger partial charge in [0.25, 0.3) is 5.91 Å². The van der Waals surface area contributed by atoms with Crippen molar-refractivity contribution in [3.63, 3.8) is 0 Å². The third kappa shape index (κ3) is 2.40. The van der Waals surface area contributed by atoms with Crippen LogP contribution in [0.4, 0.5) is 5.69 Å². The summed E-state index contributed by atoms with van der Waals surface area (Å²) >= 11 is 0. The first-order valence-corrected chi connectivity index (χ1v) is 7.99. The third-order valence-electron chi connectivity index (χ3n) is 4.36. The van der Waals surface area contributed by atoms with E-state index in [4.69, 9.17) is 4.52 Å². The molecular weight excluding hydrogens is 304 g/mol. The molecule has 1 aromatic carbocycles. The van der Waals surface area contributed by atoms with Gasteiger partial charge < -0.3 is 14.0 Å². The number of rotatable bonds is 3. The number of amides is 1. The molecule has 0 fully saturated rings. The highest BCUT2D eigenvalue weighted by Gasteiger charge is 2.32. The average molecular weight is 322 g/mol. The summed E-state index contributed by atoms with van der Waals surface area (Å²) in [5, 5.41) is 3.91. The molecule has 1 atom stereocenters. The van der Waals surface area contributed by atoms with Crippen molar-refractivity contribution in [1.29, 1.82) is 0 Å². The summed E-state index contributed by atoms with van der Waals surface area (Å²) in [7, 11) is 0. The van der Waals surface area contributed by atoms with Crippen LogP contribution in [0.3, 0.4) is 0 Å². The van der Waals surface area contributed by atoms with Crippen molar-refractivity contribution in [2.24, 2.45) is 0 Å². The standard InChI is InChI=1S/C18H18N4O2/c1-12-10-14-6-3-4-7-15(14)22(12)18(23)16-8-5-9-21(16)11-17-19-13(2)24-20-17/h3-9,12H,10-11H2,1-2H3/t12-/m1/s1. The van der Waals surface area contributed by atoms with Crippen molar-refractivity contribution in [2.45, 2.75) is 32.9 Å². The van der Waals surface area contributed by atoms with Gasteiger partial charge in [0.05, 0.1) is 6.54 Å². The quantitative estimate of drug-likeness (QED) is 0.744. The fraction of sp³-hybridized carbons (Fsp3) is 0.278. The zero-order valence-corrected chi connectivity index (χ0v) is 13.6. The monoisotopic (exact) mass is 322 g/mol. The summed E-state index contributed by atoms with van der Waals surface area (Å²) < 4.78 is 6.87. The molecular formula is C18H18N4O2. The molecule has 3 heterocycles. The molecule has 1 aliphatic heterocycles. The Hall–Kier alpha value is -2.89. The van der Waals surface area contributed by atoms with Gasteiger partial charge in [0.2, 0.25) is 5.89 Å². The van der Waals surface area contributed by atoms with Crippen LogP contribution in [0.5, 0.6) is 0 Å². The Morgan fingerprint density at radius 2 is 2.12 bits per heavy atom. The molecule has 0 unspecified atom stereocenters. The lowest BCUT2D eigenvalue weighted by Gasteiger charge is -2.23. The Morgan fingerprint density at radius 1 is 1.29 bits per heavy atom. The first-order valence-electron chi connectivity index (χ1n) is 7.99. The van der Waals surface area contributed by atoms with E-state index in [-0.39, 0.29) is 11.9 Å². The molecule has 0 bridgehead atoms. The van der Waals surface area contributed by atoms with Crippen molar-refractivity contribution < 1.29 is 9.32 Å². The lowest BCUT2D eigenvalue weighted by atomic mass is 10.1. The molecule has 6 nitrogen and oxygen atoms in total. The fourth-order valence-electron chi connectivity index (χ4n) is 3.30. The van der Waals surface area contributed by atoms with E-state index in [1.807, 2.05) is 46.0 Å². The minimum Gasteiger partial charge on any atom is -0.340 e. The number of anilines is 1. The van der Waals surface area contributed by atoms with Gasteiger partial charge in [-0.25, -0.2) is 0 Å². The van der Waals surface area contributed by atoms with E-state index in [0.717, 1.165) is 12.1 Å². The highest BCUT2D eigenvalue weighted by Crippen LogP contribution is 2.33. The second kappa shape index (κ2) is 5.63. The molecule has 24 heavy (non-hydrogen) atoms. The molecule has 0 N–H and O–H groups in total. The van der Waals surface area contributed by atoms with Crippen molar-refractivity contribution in [2.75, 3.05) is 4.90 Å². The lowest BCUT2D eigenvalue weighted by molar-refractivity contribution is 0.0973. The van der Waals surface area contributed by atoms with Crippen LogP contribution < -0.4 is 4.90 Å². The molecule has 122 valence electrons. The van der Waals surface area contributed by atoms with Crippen molar-refractivity contribution in [3.8, 4) is 0 Å². The predicted octanol–water partition coefficient (Wildman–Crippen LogP) is 2.82. The van der Waals surface area contributed by atoms with E-state index < -0.39 is 0 Å². The number of nitrogens with zero attached hydrogens (tertiary/aromatic N) is 4. The zero-order chi connectivity index (χ0) is 16.7. The summed E-state index contributed by atoms with van der Waals surface area (Å²) in [5.74, 6) is 1.08. The van der Waals surface area contributed by atoms with Crippen LogP contribution in [-0.4, -0.2) is 26.7 Å². The lowest BCUT2D eigenvalue weighted by Crippen LogP contribution is -2.37. The molecule has 1 aliphatic rings. The van der Waals surface area contributed by atoms with E-state index in [0.29, 0.717) is 24.0 Å². The normalized spacial score (nSPS) is 16.4. The van der Waals surface area contributed by atoms with Crippen molar-refractivity contribution in [3.05, 3.63) is 65.6 Å². The number of fused-ring (bicyclic) bond motifs is 1. The molecule has 3 aromatic rings. The van der Waals surface area contributed by atoms with Gasteiger partial charge in [-0.15, -0.1) is 0 Å². The topological polar surface area (TPSA) is 64.2 Å². The number of para-hydroxylation sites is 1. The summed E-state index contributed by atoms with van der Waals surface area (Å²) in [6, 6.07) is 11.9. The third-order valence-corrected chi connectivity index (χ3v) is 4.36. The van der Waals surface area contributed by atoms with Crippen LogP contribution in [0, 0.1) is 6.92 Å². The number of aryl methyl sites for hydroxylation is 1. The summed E-state index contributed by atoms with van der Waals surface area (Å²) in [6.45, 7) is 4.24. The minimum absolute atomic E-state index is 0.00216. The SMILES string of the molecule is Cc1nc(Cn2cccc2C(=O)N2c3ccccc3C[C@H]2C)no1. The van der Waals surface area contributed by atoms with Crippen molar-refractivity contribution >= 4 is 11.6 Å². The largest absolute Gasteiger partial charge is 0.340 e. The van der Waals surface area contributed by atoms with Crippen LogP contribution >= 0.6 is 0 Å². The number of carbonyl (C=O) groups excluding carboxylic acids is 1. The van der Waals surface area contributed by atoms with E-state index in [1.54, 1.807) is 6.92 Å². The molecule has 0 saturated carbocycles. The number of aromatic nitrogens is 3. The van der Waals surface area contributed by atoms with Gasteiger partial charge in [0, 0.05) is 24.8 Å².